The maximum absolute atomic E-state index is 12.5. The number of tetrazole rings is 1. The number of benzene rings is 3. The summed E-state index contributed by atoms with van der Waals surface area (Å²) in [6, 6.07) is 23.1. The van der Waals surface area contributed by atoms with Crippen molar-refractivity contribution in [3.05, 3.63) is 100 Å². The Kier molecular flexibility index (Phi) is 6.47. The van der Waals surface area contributed by atoms with Crippen LogP contribution in [0.2, 0.25) is 0 Å². The highest BCUT2D eigenvalue weighted by atomic mass is 32.1. The molecule has 3 aromatic carbocycles. The summed E-state index contributed by atoms with van der Waals surface area (Å²) in [5, 5.41) is 19.2. The number of ether oxygens (including phenoxy) is 1. The summed E-state index contributed by atoms with van der Waals surface area (Å²) in [6.45, 7) is 2.78. The number of esters is 1. The second kappa shape index (κ2) is 10.2. The number of nitrogens with one attached hydrogen (secondary N) is 1. The number of methoxy groups -OCH3 is 1. The molecular formula is C30H27N5O2S. The van der Waals surface area contributed by atoms with Crippen molar-refractivity contribution in [1.29, 1.82) is 0 Å². The molecule has 0 atom stereocenters. The number of aryl methyl sites for hydroxylation is 5. The minimum Gasteiger partial charge on any atom is -0.465 e. The van der Waals surface area contributed by atoms with Crippen molar-refractivity contribution < 1.29 is 9.53 Å². The largest absolute Gasteiger partial charge is 0.465 e. The first-order chi connectivity index (χ1) is 18.6. The lowest BCUT2D eigenvalue weighted by Gasteiger charge is -2.12. The number of aromatic nitrogens is 5. The van der Waals surface area contributed by atoms with Crippen LogP contribution in [-0.2, 0) is 30.5 Å². The molecule has 38 heavy (non-hydrogen) atoms. The fourth-order valence-corrected chi connectivity index (χ4v) is 6.09. The van der Waals surface area contributed by atoms with Crippen molar-refractivity contribution in [2.45, 2.75) is 32.7 Å². The van der Waals surface area contributed by atoms with E-state index in [0.29, 0.717) is 24.4 Å². The molecule has 3 heterocycles. The quantitative estimate of drug-likeness (QED) is 0.243. The van der Waals surface area contributed by atoms with Gasteiger partial charge < -0.3 is 9.30 Å². The molecule has 0 radical (unpaired) electrons. The van der Waals surface area contributed by atoms with Crippen molar-refractivity contribution in [2.24, 2.45) is 0 Å². The average molecular weight is 522 g/mol. The molecule has 3 aromatic heterocycles. The average Bonchev–Trinajstić information content (AvgIpc) is 3.68. The van der Waals surface area contributed by atoms with Gasteiger partial charge in [-0.15, -0.1) is 21.5 Å². The monoisotopic (exact) mass is 521 g/mol. The Balaban J connectivity index is 1.56. The zero-order valence-electron chi connectivity index (χ0n) is 21.3. The third kappa shape index (κ3) is 4.48. The zero-order chi connectivity index (χ0) is 26.1. The number of carbonyl (C=O) groups excluding carboxylic acids is 1. The number of hydrogen-bond acceptors (Lipinski definition) is 6. The van der Waals surface area contributed by atoms with Crippen LogP contribution in [0, 0.1) is 6.92 Å². The van der Waals surface area contributed by atoms with E-state index in [2.05, 4.69) is 86.0 Å². The van der Waals surface area contributed by atoms with E-state index in [1.54, 1.807) is 11.3 Å². The van der Waals surface area contributed by atoms with Crippen LogP contribution in [0.3, 0.4) is 0 Å². The Bertz CT molecular complexity index is 1730. The molecule has 0 aliphatic carbocycles. The number of aromatic amines is 1. The first-order valence-corrected chi connectivity index (χ1v) is 13.5. The number of carbonyl (C=O) groups is 1. The summed E-state index contributed by atoms with van der Waals surface area (Å²) in [4.78, 5) is 12.5. The van der Waals surface area contributed by atoms with Crippen LogP contribution in [0.4, 0.5) is 0 Å². The van der Waals surface area contributed by atoms with E-state index < -0.39 is 0 Å². The van der Waals surface area contributed by atoms with E-state index in [1.165, 1.54) is 45.1 Å². The molecule has 6 rings (SSSR count). The second-order valence-corrected chi connectivity index (χ2v) is 10.3. The predicted octanol–water partition coefficient (Wildman–Crippen LogP) is 6.16. The molecule has 8 heteroatoms. The van der Waals surface area contributed by atoms with Gasteiger partial charge in [-0.3, -0.25) is 0 Å². The van der Waals surface area contributed by atoms with Gasteiger partial charge in [-0.1, -0.05) is 53.2 Å². The van der Waals surface area contributed by atoms with Crippen LogP contribution in [0.1, 0.15) is 32.9 Å². The van der Waals surface area contributed by atoms with Crippen LogP contribution >= 0.6 is 11.3 Å². The first kappa shape index (κ1) is 24.1. The third-order valence-corrected chi connectivity index (χ3v) is 8.02. The van der Waals surface area contributed by atoms with Gasteiger partial charge in [0.1, 0.15) is 0 Å². The summed E-state index contributed by atoms with van der Waals surface area (Å²) < 4.78 is 8.66. The molecule has 6 aromatic rings. The molecule has 7 nitrogen and oxygen atoms in total. The fraction of sp³-hybridized carbons (Fsp3) is 0.200. The molecule has 0 bridgehead atoms. The van der Waals surface area contributed by atoms with Crippen LogP contribution in [-0.4, -0.2) is 38.3 Å². The van der Waals surface area contributed by atoms with Gasteiger partial charge in [-0.25, -0.2) is 4.79 Å². The number of fused-ring (bicyclic) bond motifs is 2. The lowest BCUT2D eigenvalue weighted by Crippen LogP contribution is -2.05. The normalized spacial score (nSPS) is 11.4. The maximum Gasteiger partial charge on any atom is 0.337 e. The minimum atomic E-state index is -0.335. The molecule has 0 unspecified atom stereocenters. The molecule has 0 aliphatic rings. The SMILES string of the molecule is COC(=O)c1ccc2c(c1)c(CCc1ccc(C)cc1)c(-c1csc3ccccc13)n2CCc1nn[nH]n1. The fourth-order valence-electron chi connectivity index (χ4n) is 5.15. The Hall–Kier alpha value is -4.30. The highest BCUT2D eigenvalue weighted by Crippen LogP contribution is 2.41. The number of rotatable bonds is 8. The standard InChI is InChI=1S/C30H27N5O2S/c1-19-7-9-20(10-8-19)11-13-23-24-17-21(30(36)37-2)12-14-26(24)35(16-15-28-31-33-34-32-28)29(23)25-18-38-27-6-4-3-5-22(25)27/h3-10,12,14,17-18H,11,13,15-16H2,1-2H3,(H,31,32,33,34). The smallest absolute Gasteiger partial charge is 0.337 e. The molecular weight excluding hydrogens is 494 g/mol. The molecule has 0 spiro atoms. The summed E-state index contributed by atoms with van der Waals surface area (Å²) in [7, 11) is 1.42. The van der Waals surface area contributed by atoms with Gasteiger partial charge in [0.15, 0.2) is 5.82 Å². The Morgan fingerprint density at radius 3 is 2.63 bits per heavy atom. The van der Waals surface area contributed by atoms with Gasteiger partial charge >= 0.3 is 5.97 Å². The molecule has 190 valence electrons. The summed E-state index contributed by atoms with van der Waals surface area (Å²) in [5.74, 6) is 0.332. The molecule has 0 saturated heterocycles. The van der Waals surface area contributed by atoms with E-state index in [0.717, 1.165) is 23.7 Å². The second-order valence-electron chi connectivity index (χ2n) is 9.41. The van der Waals surface area contributed by atoms with E-state index >= 15 is 0 Å². The van der Waals surface area contributed by atoms with Gasteiger partial charge in [0.2, 0.25) is 0 Å². The predicted molar refractivity (Wildman–Crippen MR) is 151 cm³/mol. The Morgan fingerprint density at radius 1 is 1.00 bits per heavy atom. The highest BCUT2D eigenvalue weighted by Gasteiger charge is 2.22. The van der Waals surface area contributed by atoms with E-state index in [4.69, 9.17) is 4.74 Å². The lowest BCUT2D eigenvalue weighted by molar-refractivity contribution is 0.0601. The highest BCUT2D eigenvalue weighted by molar-refractivity contribution is 7.17. The molecule has 1 N–H and O–H groups in total. The van der Waals surface area contributed by atoms with Crippen molar-refractivity contribution in [1.82, 2.24) is 25.2 Å². The van der Waals surface area contributed by atoms with Crippen LogP contribution in [0.5, 0.6) is 0 Å². The Morgan fingerprint density at radius 2 is 1.84 bits per heavy atom. The van der Waals surface area contributed by atoms with Crippen LogP contribution < -0.4 is 0 Å². The van der Waals surface area contributed by atoms with Crippen molar-refractivity contribution in [3.63, 3.8) is 0 Å². The Labute approximate surface area is 224 Å². The molecule has 0 saturated carbocycles. The molecule has 0 fully saturated rings. The van der Waals surface area contributed by atoms with Crippen molar-refractivity contribution >= 4 is 38.3 Å². The lowest BCUT2D eigenvalue weighted by atomic mass is 9.97. The topological polar surface area (TPSA) is 85.7 Å². The van der Waals surface area contributed by atoms with E-state index in [9.17, 15) is 4.79 Å². The van der Waals surface area contributed by atoms with Crippen LogP contribution in [0.25, 0.3) is 32.2 Å². The third-order valence-electron chi connectivity index (χ3n) is 7.06. The molecule has 0 aliphatic heterocycles. The first-order valence-electron chi connectivity index (χ1n) is 12.6. The minimum absolute atomic E-state index is 0.335. The summed E-state index contributed by atoms with van der Waals surface area (Å²) in [5.41, 5.74) is 7.76. The van der Waals surface area contributed by atoms with E-state index in [1.807, 2.05) is 18.2 Å². The number of thiophene rings is 1. The van der Waals surface area contributed by atoms with Crippen molar-refractivity contribution in [3.8, 4) is 11.3 Å². The number of nitrogens with zero attached hydrogens (tertiary/aromatic N) is 4. The number of H-pyrrole nitrogens is 1. The number of hydrogen-bond donors (Lipinski definition) is 1. The van der Waals surface area contributed by atoms with Crippen molar-refractivity contribution in [2.75, 3.05) is 7.11 Å². The van der Waals surface area contributed by atoms with Gasteiger partial charge in [0, 0.05) is 44.9 Å². The summed E-state index contributed by atoms with van der Waals surface area (Å²) in [6.07, 6.45) is 2.35. The summed E-state index contributed by atoms with van der Waals surface area (Å²) >= 11 is 1.75. The van der Waals surface area contributed by atoms with Gasteiger partial charge in [-0.05, 0) is 55.2 Å². The van der Waals surface area contributed by atoms with Gasteiger partial charge in [0.25, 0.3) is 0 Å². The van der Waals surface area contributed by atoms with Crippen LogP contribution in [0.15, 0.2) is 72.1 Å². The van der Waals surface area contributed by atoms with E-state index in [-0.39, 0.29) is 5.97 Å². The molecule has 0 amide bonds. The van der Waals surface area contributed by atoms with Gasteiger partial charge in [0.05, 0.1) is 18.4 Å². The maximum atomic E-state index is 12.5. The van der Waals surface area contributed by atoms with Gasteiger partial charge in [-0.2, -0.15) is 5.21 Å². The zero-order valence-corrected chi connectivity index (χ0v) is 22.1.